The maximum absolute atomic E-state index is 12.3. The molecular weight excluding hydrogens is 250 g/mol. The fourth-order valence-electron chi connectivity index (χ4n) is 2.13. The summed E-state index contributed by atoms with van der Waals surface area (Å²) in [5.74, 6) is 6.22. The second-order valence-electron chi connectivity index (χ2n) is 4.74. The Labute approximate surface area is 120 Å². The highest BCUT2D eigenvalue weighted by atomic mass is 16.5. The maximum Gasteiger partial charge on any atom is 0.229 e. The third kappa shape index (κ3) is 3.97. The molecule has 1 fully saturated rings. The van der Waals surface area contributed by atoms with Crippen molar-refractivity contribution in [3.8, 4) is 11.8 Å². The average molecular weight is 269 g/mol. The molecular formula is C17H19NO2. The fraction of sp³-hybridized carbons (Fsp3) is 0.353. The highest BCUT2D eigenvalue weighted by molar-refractivity contribution is 5.79. The molecule has 0 unspecified atom stereocenters. The largest absolute Gasteiger partial charge is 0.381 e. The molecule has 1 aliphatic heterocycles. The Morgan fingerprint density at radius 1 is 1.45 bits per heavy atom. The van der Waals surface area contributed by atoms with Crippen LogP contribution in [0.1, 0.15) is 12.0 Å². The SMILES string of the molecule is C=CCN(CC#Cc1ccccc1)C(=O)[C@@H]1CCOC1. The van der Waals surface area contributed by atoms with Gasteiger partial charge in [0.15, 0.2) is 0 Å². The summed E-state index contributed by atoms with van der Waals surface area (Å²) in [7, 11) is 0. The Morgan fingerprint density at radius 3 is 2.90 bits per heavy atom. The van der Waals surface area contributed by atoms with Crippen LogP contribution in [0.4, 0.5) is 0 Å². The van der Waals surface area contributed by atoms with Crippen molar-refractivity contribution in [2.45, 2.75) is 6.42 Å². The van der Waals surface area contributed by atoms with Crippen LogP contribution in [0.15, 0.2) is 43.0 Å². The van der Waals surface area contributed by atoms with E-state index in [0.29, 0.717) is 26.3 Å². The van der Waals surface area contributed by atoms with Crippen LogP contribution in [0, 0.1) is 17.8 Å². The number of nitrogens with zero attached hydrogens (tertiary/aromatic N) is 1. The molecule has 3 heteroatoms. The lowest BCUT2D eigenvalue weighted by Gasteiger charge is -2.21. The second kappa shape index (κ2) is 7.52. The van der Waals surface area contributed by atoms with Gasteiger partial charge in [-0.1, -0.05) is 36.1 Å². The van der Waals surface area contributed by atoms with E-state index in [1.165, 1.54) is 0 Å². The normalized spacial score (nSPS) is 17.1. The van der Waals surface area contributed by atoms with Crippen LogP contribution >= 0.6 is 0 Å². The van der Waals surface area contributed by atoms with E-state index in [9.17, 15) is 4.79 Å². The number of rotatable bonds is 4. The molecule has 0 radical (unpaired) electrons. The predicted octanol–water partition coefficient (Wildman–Crippen LogP) is 2.09. The first-order chi connectivity index (χ1) is 9.81. The lowest BCUT2D eigenvalue weighted by molar-refractivity contribution is -0.134. The number of hydrogen-bond donors (Lipinski definition) is 0. The Morgan fingerprint density at radius 2 is 2.25 bits per heavy atom. The summed E-state index contributed by atoms with van der Waals surface area (Å²) in [6.07, 6.45) is 2.54. The van der Waals surface area contributed by atoms with Gasteiger partial charge in [0.25, 0.3) is 0 Å². The second-order valence-corrected chi connectivity index (χ2v) is 4.74. The summed E-state index contributed by atoms with van der Waals surface area (Å²) in [4.78, 5) is 14.0. The zero-order valence-corrected chi connectivity index (χ0v) is 11.5. The molecule has 1 saturated heterocycles. The summed E-state index contributed by atoms with van der Waals surface area (Å²) >= 11 is 0. The number of carbonyl (C=O) groups excluding carboxylic acids is 1. The summed E-state index contributed by atoms with van der Waals surface area (Å²) < 4.78 is 5.27. The molecule has 3 nitrogen and oxygen atoms in total. The Hall–Kier alpha value is -2.05. The standard InChI is InChI=1S/C17H19NO2/c1-2-11-18(17(19)16-10-13-20-14-16)12-6-9-15-7-4-3-5-8-15/h2-5,7-8,16H,1,10-14H2/t16-/m1/s1. The van der Waals surface area contributed by atoms with E-state index in [-0.39, 0.29) is 11.8 Å². The van der Waals surface area contributed by atoms with Gasteiger partial charge in [-0.2, -0.15) is 0 Å². The van der Waals surface area contributed by atoms with Gasteiger partial charge in [-0.3, -0.25) is 4.79 Å². The van der Waals surface area contributed by atoms with Crippen molar-refractivity contribution in [2.75, 3.05) is 26.3 Å². The molecule has 20 heavy (non-hydrogen) atoms. The van der Waals surface area contributed by atoms with Gasteiger partial charge in [0.1, 0.15) is 0 Å². The Bertz CT molecular complexity index is 507. The van der Waals surface area contributed by atoms with Gasteiger partial charge in [-0.25, -0.2) is 0 Å². The highest BCUT2D eigenvalue weighted by Crippen LogP contribution is 2.15. The smallest absolute Gasteiger partial charge is 0.229 e. The quantitative estimate of drug-likeness (QED) is 0.619. The molecule has 104 valence electrons. The van der Waals surface area contributed by atoms with Crippen LogP contribution in [0.3, 0.4) is 0 Å². The van der Waals surface area contributed by atoms with Gasteiger partial charge in [-0.05, 0) is 18.6 Å². The summed E-state index contributed by atoms with van der Waals surface area (Å²) in [5.41, 5.74) is 0.961. The van der Waals surface area contributed by atoms with E-state index in [2.05, 4.69) is 18.4 Å². The van der Waals surface area contributed by atoms with Crippen LogP contribution in [0.2, 0.25) is 0 Å². The number of carbonyl (C=O) groups is 1. The highest BCUT2D eigenvalue weighted by Gasteiger charge is 2.26. The van der Waals surface area contributed by atoms with Gasteiger partial charge < -0.3 is 9.64 Å². The first kappa shape index (κ1) is 14.4. The Balaban J connectivity index is 1.97. The fourth-order valence-corrected chi connectivity index (χ4v) is 2.13. The number of ether oxygens (including phenoxy) is 1. The maximum atomic E-state index is 12.3. The van der Waals surface area contributed by atoms with Crippen molar-refractivity contribution in [3.05, 3.63) is 48.6 Å². The molecule has 0 bridgehead atoms. The van der Waals surface area contributed by atoms with E-state index in [1.807, 2.05) is 30.3 Å². The van der Waals surface area contributed by atoms with Crippen molar-refractivity contribution in [3.63, 3.8) is 0 Å². The van der Waals surface area contributed by atoms with Crippen molar-refractivity contribution < 1.29 is 9.53 Å². The molecule has 0 aromatic heterocycles. The van der Waals surface area contributed by atoms with Gasteiger partial charge in [0.2, 0.25) is 5.91 Å². The molecule has 1 aromatic rings. The molecule has 0 saturated carbocycles. The summed E-state index contributed by atoms with van der Waals surface area (Å²) in [6.45, 7) is 5.86. The van der Waals surface area contributed by atoms with E-state index >= 15 is 0 Å². The molecule has 0 N–H and O–H groups in total. The lowest BCUT2D eigenvalue weighted by atomic mass is 10.1. The monoisotopic (exact) mass is 269 g/mol. The third-order valence-corrected chi connectivity index (χ3v) is 3.22. The number of benzene rings is 1. The molecule has 0 spiro atoms. The minimum absolute atomic E-state index is 0.0199. The van der Waals surface area contributed by atoms with Crippen molar-refractivity contribution in [1.29, 1.82) is 0 Å². The van der Waals surface area contributed by atoms with Crippen molar-refractivity contribution in [2.24, 2.45) is 5.92 Å². The topological polar surface area (TPSA) is 29.5 Å². The van der Waals surface area contributed by atoms with E-state index in [0.717, 1.165) is 12.0 Å². The number of hydrogen-bond acceptors (Lipinski definition) is 2. The number of amides is 1. The predicted molar refractivity (Wildman–Crippen MR) is 79.0 cm³/mol. The van der Waals surface area contributed by atoms with Crippen molar-refractivity contribution in [1.82, 2.24) is 4.90 Å². The summed E-state index contributed by atoms with van der Waals surface area (Å²) in [5, 5.41) is 0. The van der Waals surface area contributed by atoms with Gasteiger partial charge in [0, 0.05) is 18.7 Å². The van der Waals surface area contributed by atoms with E-state index in [4.69, 9.17) is 4.74 Å². The molecule has 1 atom stereocenters. The zero-order chi connectivity index (χ0) is 14.2. The molecule has 2 rings (SSSR count). The van der Waals surface area contributed by atoms with Gasteiger partial charge in [-0.15, -0.1) is 6.58 Å². The zero-order valence-electron chi connectivity index (χ0n) is 11.5. The van der Waals surface area contributed by atoms with Crippen LogP contribution in [-0.2, 0) is 9.53 Å². The summed E-state index contributed by atoms with van der Waals surface area (Å²) in [6, 6.07) is 9.77. The van der Waals surface area contributed by atoms with Crippen molar-refractivity contribution >= 4 is 5.91 Å². The molecule has 1 heterocycles. The van der Waals surface area contributed by atoms with E-state index in [1.54, 1.807) is 11.0 Å². The van der Waals surface area contributed by atoms with Gasteiger partial charge in [0.05, 0.1) is 19.1 Å². The minimum atomic E-state index is -0.0199. The van der Waals surface area contributed by atoms with E-state index < -0.39 is 0 Å². The Kier molecular flexibility index (Phi) is 5.40. The lowest BCUT2D eigenvalue weighted by Crippen LogP contribution is -2.36. The van der Waals surface area contributed by atoms with Crippen LogP contribution in [0.5, 0.6) is 0 Å². The molecule has 1 amide bonds. The van der Waals surface area contributed by atoms with Crippen LogP contribution in [-0.4, -0.2) is 37.1 Å². The van der Waals surface area contributed by atoms with Gasteiger partial charge >= 0.3 is 0 Å². The molecule has 1 aromatic carbocycles. The average Bonchev–Trinajstić information content (AvgIpc) is 3.01. The van der Waals surface area contributed by atoms with Crippen LogP contribution < -0.4 is 0 Å². The first-order valence-electron chi connectivity index (χ1n) is 6.82. The first-order valence-corrected chi connectivity index (χ1v) is 6.82. The molecule has 1 aliphatic rings. The minimum Gasteiger partial charge on any atom is -0.381 e. The third-order valence-electron chi connectivity index (χ3n) is 3.22. The van der Waals surface area contributed by atoms with Crippen LogP contribution in [0.25, 0.3) is 0 Å². The molecule has 0 aliphatic carbocycles.